The smallest absolute Gasteiger partial charge is 0.166 e. The van der Waals surface area contributed by atoms with Gasteiger partial charge in [-0.05, 0) is 30.9 Å². The topological polar surface area (TPSA) is 15.3 Å². The second-order valence-corrected chi connectivity index (χ2v) is 6.03. The molecule has 3 rings (SSSR count). The summed E-state index contributed by atoms with van der Waals surface area (Å²) in [6.45, 7) is 3.11. The molecule has 0 radical (unpaired) electrons. The standard InChI is InChI=1S/C16H21F3N2/c17-12-5-6-13(18)15(19)14(12)16(11-3-1-2-4-11)21-9-7-20-8-10-21/h5-6,11,16,20H,1-4,7-10H2/t16-/m0/s1. The Kier molecular flexibility index (Phi) is 4.50. The summed E-state index contributed by atoms with van der Waals surface area (Å²) in [7, 11) is 0. The Morgan fingerprint density at radius 3 is 2.29 bits per heavy atom. The molecule has 2 nitrogen and oxygen atoms in total. The van der Waals surface area contributed by atoms with E-state index >= 15 is 0 Å². The molecule has 0 aromatic heterocycles. The minimum absolute atomic E-state index is 0.0659. The van der Waals surface area contributed by atoms with Gasteiger partial charge in [0.15, 0.2) is 11.6 Å². The number of piperazine rings is 1. The van der Waals surface area contributed by atoms with E-state index in [0.29, 0.717) is 0 Å². The summed E-state index contributed by atoms with van der Waals surface area (Å²) in [5, 5.41) is 3.25. The molecule has 21 heavy (non-hydrogen) atoms. The Labute approximate surface area is 123 Å². The van der Waals surface area contributed by atoms with Crippen LogP contribution in [-0.4, -0.2) is 31.1 Å². The van der Waals surface area contributed by atoms with Crippen LogP contribution in [0, 0.1) is 23.4 Å². The molecule has 1 saturated carbocycles. The maximum atomic E-state index is 14.3. The van der Waals surface area contributed by atoms with Crippen LogP contribution in [-0.2, 0) is 0 Å². The van der Waals surface area contributed by atoms with Gasteiger partial charge in [0, 0.05) is 37.8 Å². The van der Waals surface area contributed by atoms with Crippen LogP contribution in [0.4, 0.5) is 13.2 Å². The van der Waals surface area contributed by atoms with Gasteiger partial charge in [-0.2, -0.15) is 0 Å². The van der Waals surface area contributed by atoms with Crippen LogP contribution in [0.3, 0.4) is 0 Å². The van der Waals surface area contributed by atoms with Crippen molar-refractivity contribution in [2.45, 2.75) is 31.7 Å². The van der Waals surface area contributed by atoms with E-state index in [-0.39, 0.29) is 17.5 Å². The fourth-order valence-corrected chi connectivity index (χ4v) is 3.76. The Morgan fingerprint density at radius 2 is 1.62 bits per heavy atom. The SMILES string of the molecule is Fc1ccc(F)c([C@H](C2CCCC2)N2CCNCC2)c1F. The summed E-state index contributed by atoms with van der Waals surface area (Å²) in [5.74, 6) is -2.37. The lowest BCUT2D eigenvalue weighted by molar-refractivity contribution is 0.118. The highest BCUT2D eigenvalue weighted by Gasteiger charge is 2.36. The van der Waals surface area contributed by atoms with Crippen molar-refractivity contribution < 1.29 is 13.2 Å². The summed E-state index contributed by atoms with van der Waals surface area (Å²) in [6.07, 6.45) is 4.10. The fourth-order valence-electron chi connectivity index (χ4n) is 3.76. The highest BCUT2D eigenvalue weighted by molar-refractivity contribution is 5.26. The number of hydrogen-bond acceptors (Lipinski definition) is 2. The zero-order valence-corrected chi connectivity index (χ0v) is 12.0. The highest BCUT2D eigenvalue weighted by Crippen LogP contribution is 2.41. The first-order chi connectivity index (χ1) is 10.2. The molecule has 1 aliphatic carbocycles. The monoisotopic (exact) mass is 298 g/mol. The van der Waals surface area contributed by atoms with Crippen molar-refractivity contribution in [3.8, 4) is 0 Å². The summed E-state index contributed by atoms with van der Waals surface area (Å²) in [4.78, 5) is 2.12. The van der Waals surface area contributed by atoms with Crippen molar-refractivity contribution in [3.63, 3.8) is 0 Å². The maximum Gasteiger partial charge on any atom is 0.166 e. The minimum atomic E-state index is -1.01. The van der Waals surface area contributed by atoms with Crippen molar-refractivity contribution >= 4 is 0 Å². The molecule has 1 aromatic rings. The molecule has 1 N–H and O–H groups in total. The van der Waals surface area contributed by atoms with Crippen molar-refractivity contribution in [3.05, 3.63) is 35.1 Å². The van der Waals surface area contributed by atoms with Gasteiger partial charge in [0.1, 0.15) is 5.82 Å². The summed E-state index contributed by atoms with van der Waals surface area (Å²) in [6, 6.07) is 1.58. The van der Waals surface area contributed by atoms with Crippen LogP contribution in [0.5, 0.6) is 0 Å². The van der Waals surface area contributed by atoms with E-state index in [9.17, 15) is 13.2 Å². The third-order valence-electron chi connectivity index (χ3n) is 4.77. The molecule has 1 aromatic carbocycles. The predicted molar refractivity (Wildman–Crippen MR) is 75.5 cm³/mol. The van der Waals surface area contributed by atoms with Gasteiger partial charge < -0.3 is 5.32 Å². The number of hydrogen-bond donors (Lipinski definition) is 1. The predicted octanol–water partition coefficient (Wildman–Crippen LogP) is 3.24. The van der Waals surface area contributed by atoms with Crippen molar-refractivity contribution in [1.82, 2.24) is 10.2 Å². The third kappa shape index (κ3) is 2.94. The van der Waals surface area contributed by atoms with Crippen LogP contribution in [0.25, 0.3) is 0 Å². The van der Waals surface area contributed by atoms with E-state index in [4.69, 9.17) is 0 Å². The van der Waals surface area contributed by atoms with Gasteiger partial charge in [-0.3, -0.25) is 4.90 Å². The quantitative estimate of drug-likeness (QED) is 0.862. The van der Waals surface area contributed by atoms with Gasteiger partial charge in [-0.25, -0.2) is 13.2 Å². The van der Waals surface area contributed by atoms with Crippen LogP contribution >= 0.6 is 0 Å². The number of nitrogens with one attached hydrogen (secondary N) is 1. The Balaban J connectivity index is 1.99. The van der Waals surface area contributed by atoms with E-state index in [0.717, 1.165) is 64.0 Å². The minimum Gasteiger partial charge on any atom is -0.314 e. The average Bonchev–Trinajstić information content (AvgIpc) is 3.02. The molecule has 1 atom stereocenters. The number of halogens is 3. The molecule has 0 spiro atoms. The summed E-state index contributed by atoms with van der Waals surface area (Å²) in [5.41, 5.74) is -0.0659. The zero-order chi connectivity index (χ0) is 14.8. The normalized spacial score (nSPS) is 22.6. The van der Waals surface area contributed by atoms with E-state index in [1.54, 1.807) is 0 Å². The van der Waals surface area contributed by atoms with Gasteiger partial charge in [0.2, 0.25) is 0 Å². The Bertz CT molecular complexity index is 495. The lowest BCUT2D eigenvalue weighted by Crippen LogP contribution is -2.47. The lowest BCUT2D eigenvalue weighted by Gasteiger charge is -2.38. The molecular weight excluding hydrogens is 277 g/mol. The third-order valence-corrected chi connectivity index (χ3v) is 4.77. The van der Waals surface area contributed by atoms with Gasteiger partial charge in [-0.15, -0.1) is 0 Å². The second-order valence-electron chi connectivity index (χ2n) is 6.03. The van der Waals surface area contributed by atoms with Gasteiger partial charge >= 0.3 is 0 Å². The number of benzene rings is 1. The van der Waals surface area contributed by atoms with E-state index in [1.165, 1.54) is 0 Å². The first-order valence-electron chi connectivity index (χ1n) is 7.76. The number of nitrogens with zero attached hydrogens (tertiary/aromatic N) is 1. The van der Waals surface area contributed by atoms with Gasteiger partial charge in [0.05, 0.1) is 0 Å². The molecule has 116 valence electrons. The van der Waals surface area contributed by atoms with Crippen LogP contribution in [0.1, 0.15) is 37.3 Å². The number of rotatable bonds is 3. The molecular formula is C16H21F3N2. The van der Waals surface area contributed by atoms with Crippen LogP contribution in [0.15, 0.2) is 12.1 Å². The second kappa shape index (κ2) is 6.36. The van der Waals surface area contributed by atoms with E-state index in [1.807, 2.05) is 0 Å². The lowest BCUT2D eigenvalue weighted by atomic mass is 9.89. The molecule has 1 aliphatic heterocycles. The fraction of sp³-hybridized carbons (Fsp3) is 0.625. The molecule has 5 heteroatoms. The molecule has 1 heterocycles. The average molecular weight is 298 g/mol. The Hall–Kier alpha value is -1.07. The maximum absolute atomic E-state index is 14.3. The Morgan fingerprint density at radius 1 is 1.00 bits per heavy atom. The molecule has 2 fully saturated rings. The molecule has 0 amide bonds. The van der Waals surface area contributed by atoms with Gasteiger partial charge in [-0.1, -0.05) is 12.8 Å². The summed E-state index contributed by atoms with van der Waals surface area (Å²) < 4.78 is 42.1. The van der Waals surface area contributed by atoms with Crippen molar-refractivity contribution in [2.75, 3.05) is 26.2 Å². The van der Waals surface area contributed by atoms with Crippen molar-refractivity contribution in [1.29, 1.82) is 0 Å². The van der Waals surface area contributed by atoms with E-state index in [2.05, 4.69) is 10.2 Å². The molecule has 0 unspecified atom stereocenters. The molecule has 2 aliphatic rings. The van der Waals surface area contributed by atoms with Crippen LogP contribution in [0.2, 0.25) is 0 Å². The van der Waals surface area contributed by atoms with E-state index < -0.39 is 17.5 Å². The highest BCUT2D eigenvalue weighted by atomic mass is 19.2. The largest absolute Gasteiger partial charge is 0.314 e. The molecule has 0 bridgehead atoms. The summed E-state index contributed by atoms with van der Waals surface area (Å²) >= 11 is 0. The van der Waals surface area contributed by atoms with Crippen molar-refractivity contribution in [2.24, 2.45) is 5.92 Å². The zero-order valence-electron chi connectivity index (χ0n) is 12.0. The van der Waals surface area contributed by atoms with Gasteiger partial charge in [0.25, 0.3) is 0 Å². The first-order valence-corrected chi connectivity index (χ1v) is 7.76. The molecule has 1 saturated heterocycles. The first kappa shape index (κ1) is 14.9. The van der Waals surface area contributed by atoms with Crippen LogP contribution < -0.4 is 5.32 Å².